The number of hydrogen-bond acceptors (Lipinski definition) is 3. The predicted molar refractivity (Wildman–Crippen MR) is 78.3 cm³/mol. The quantitative estimate of drug-likeness (QED) is 0.763. The third-order valence-electron chi connectivity index (χ3n) is 2.91. The van der Waals surface area contributed by atoms with E-state index in [9.17, 15) is 0 Å². The fraction of sp³-hybridized carbons (Fsp3) is 0.0769. The Bertz CT molecular complexity index is 728. The lowest BCUT2D eigenvalue weighted by Gasteiger charge is -2.05. The Labute approximate surface area is 118 Å². The predicted octanol–water partition coefficient (Wildman–Crippen LogP) is 2.82. The van der Waals surface area contributed by atoms with E-state index in [4.69, 9.17) is 5.73 Å². The molecule has 2 heterocycles. The van der Waals surface area contributed by atoms with Gasteiger partial charge in [0.2, 0.25) is 0 Å². The molecule has 96 valence electrons. The highest BCUT2D eigenvalue weighted by Crippen LogP contribution is 2.37. The summed E-state index contributed by atoms with van der Waals surface area (Å²) in [4.78, 5) is 0. The summed E-state index contributed by atoms with van der Waals surface area (Å²) in [6.07, 6.45) is 1.89. The van der Waals surface area contributed by atoms with Gasteiger partial charge in [0.1, 0.15) is 5.69 Å². The van der Waals surface area contributed by atoms with Crippen LogP contribution in [0, 0.1) is 0 Å². The van der Waals surface area contributed by atoms with E-state index in [1.165, 1.54) is 0 Å². The molecule has 1 aromatic carbocycles. The van der Waals surface area contributed by atoms with E-state index in [0.29, 0.717) is 5.82 Å². The number of nitrogens with zero attached hydrogens (tertiary/aromatic N) is 3. The second-order valence-electron chi connectivity index (χ2n) is 4.21. The minimum Gasteiger partial charge on any atom is -0.382 e. The fourth-order valence-corrected chi connectivity index (χ4v) is 2.51. The van der Waals surface area contributed by atoms with Crippen LogP contribution in [0.25, 0.3) is 22.5 Å². The van der Waals surface area contributed by atoms with Gasteiger partial charge in [0.25, 0.3) is 0 Å². The number of benzene rings is 1. The maximum Gasteiger partial charge on any atom is 0.153 e. The number of anilines is 1. The number of nitrogens with two attached hydrogens (primary N) is 1. The van der Waals surface area contributed by atoms with Crippen molar-refractivity contribution in [3.05, 3.63) is 41.0 Å². The molecule has 0 spiro atoms. The van der Waals surface area contributed by atoms with Crippen molar-refractivity contribution in [3.8, 4) is 22.5 Å². The van der Waals surface area contributed by atoms with Crippen LogP contribution in [0.2, 0.25) is 0 Å². The fourth-order valence-electron chi connectivity index (χ4n) is 2.03. The average Bonchev–Trinajstić information content (AvgIpc) is 2.96. The second-order valence-corrected chi connectivity index (χ2v) is 5.07. The van der Waals surface area contributed by atoms with Gasteiger partial charge < -0.3 is 5.73 Å². The third-order valence-corrected chi connectivity index (χ3v) is 3.60. The molecule has 3 aromatic rings. The molecule has 0 saturated heterocycles. The summed E-state index contributed by atoms with van der Waals surface area (Å²) in [5.41, 5.74) is 9.49. The lowest BCUT2D eigenvalue weighted by Crippen LogP contribution is -1.91. The molecule has 3 rings (SSSR count). The van der Waals surface area contributed by atoms with Gasteiger partial charge in [0.05, 0.1) is 11.3 Å². The Morgan fingerprint density at radius 1 is 1.26 bits per heavy atom. The zero-order valence-electron chi connectivity index (χ0n) is 10.3. The summed E-state index contributed by atoms with van der Waals surface area (Å²) in [5.74, 6) is 0.465. The van der Waals surface area contributed by atoms with E-state index in [1.807, 2.05) is 43.6 Å². The smallest absolute Gasteiger partial charge is 0.153 e. The zero-order valence-corrected chi connectivity index (χ0v) is 11.8. The molecule has 0 fully saturated rings. The molecule has 2 aromatic heterocycles. The van der Waals surface area contributed by atoms with Crippen LogP contribution in [0.1, 0.15) is 0 Å². The molecular weight excluding hydrogens is 306 g/mol. The molecule has 0 aliphatic rings. The van der Waals surface area contributed by atoms with Gasteiger partial charge in [-0.1, -0.05) is 34.1 Å². The lowest BCUT2D eigenvalue weighted by molar-refractivity contribution is 0.770. The van der Waals surface area contributed by atoms with Crippen LogP contribution in [-0.2, 0) is 7.05 Å². The number of halogens is 1. The summed E-state index contributed by atoms with van der Waals surface area (Å²) in [6.45, 7) is 0. The maximum absolute atomic E-state index is 5.99. The molecule has 0 unspecified atom stereocenters. The molecule has 0 aliphatic carbocycles. The van der Waals surface area contributed by atoms with Crippen molar-refractivity contribution in [1.82, 2.24) is 20.0 Å². The van der Waals surface area contributed by atoms with Crippen molar-refractivity contribution in [2.45, 2.75) is 0 Å². The van der Waals surface area contributed by atoms with Gasteiger partial charge in [-0.3, -0.25) is 9.78 Å². The van der Waals surface area contributed by atoms with Crippen LogP contribution < -0.4 is 5.73 Å². The Morgan fingerprint density at radius 2 is 2.05 bits per heavy atom. The van der Waals surface area contributed by atoms with Crippen molar-refractivity contribution in [1.29, 1.82) is 0 Å². The van der Waals surface area contributed by atoms with Crippen LogP contribution in [0.5, 0.6) is 0 Å². The van der Waals surface area contributed by atoms with E-state index in [2.05, 4.69) is 31.2 Å². The van der Waals surface area contributed by atoms with E-state index in [-0.39, 0.29) is 0 Å². The number of nitrogen functional groups attached to an aromatic ring is 1. The van der Waals surface area contributed by atoms with Gasteiger partial charge in [-0.25, -0.2) is 0 Å². The Morgan fingerprint density at radius 3 is 2.74 bits per heavy atom. The van der Waals surface area contributed by atoms with E-state index < -0.39 is 0 Å². The molecule has 0 aliphatic heterocycles. The first-order valence-electron chi connectivity index (χ1n) is 5.75. The third kappa shape index (κ3) is 2.04. The number of aryl methyl sites for hydroxylation is 1. The van der Waals surface area contributed by atoms with Crippen LogP contribution in [0.3, 0.4) is 0 Å². The van der Waals surface area contributed by atoms with E-state index in [0.717, 1.165) is 27.0 Å². The molecule has 0 atom stereocenters. The van der Waals surface area contributed by atoms with Crippen molar-refractivity contribution in [2.75, 3.05) is 5.73 Å². The molecule has 19 heavy (non-hydrogen) atoms. The number of nitrogens with one attached hydrogen (secondary N) is 1. The minimum absolute atomic E-state index is 0.465. The molecule has 6 heteroatoms. The van der Waals surface area contributed by atoms with Crippen LogP contribution in [0.15, 0.2) is 41.0 Å². The Kier molecular flexibility index (Phi) is 2.87. The standard InChI is InChI=1S/C13H12BrN5/c1-19-7-6-10(18-19)12-11(13(15)17-16-12)8-4-2-3-5-9(8)14/h2-7H,1H3,(H3,15,16,17). The average molecular weight is 318 g/mol. The van der Waals surface area contributed by atoms with E-state index >= 15 is 0 Å². The number of aromatic nitrogens is 4. The highest BCUT2D eigenvalue weighted by Gasteiger charge is 2.18. The van der Waals surface area contributed by atoms with E-state index in [1.54, 1.807) is 4.68 Å². The lowest BCUT2D eigenvalue weighted by atomic mass is 10.0. The number of hydrogen-bond donors (Lipinski definition) is 2. The highest BCUT2D eigenvalue weighted by molar-refractivity contribution is 9.10. The summed E-state index contributed by atoms with van der Waals surface area (Å²) < 4.78 is 2.72. The van der Waals surface area contributed by atoms with Crippen LogP contribution in [0.4, 0.5) is 5.82 Å². The normalized spacial score (nSPS) is 10.8. The molecule has 0 saturated carbocycles. The number of rotatable bonds is 2. The van der Waals surface area contributed by atoms with Gasteiger partial charge in [-0.05, 0) is 12.1 Å². The summed E-state index contributed by atoms with van der Waals surface area (Å²) in [6, 6.07) is 9.83. The molecular formula is C13H12BrN5. The first kappa shape index (κ1) is 12.0. The van der Waals surface area contributed by atoms with Crippen molar-refractivity contribution in [3.63, 3.8) is 0 Å². The SMILES string of the molecule is Cn1ccc(-c2[nH]nc(N)c2-c2ccccc2Br)n1. The van der Waals surface area contributed by atoms with Gasteiger partial charge in [0, 0.05) is 23.3 Å². The first-order valence-corrected chi connectivity index (χ1v) is 6.55. The Balaban J connectivity index is 2.22. The van der Waals surface area contributed by atoms with Gasteiger partial charge in [-0.15, -0.1) is 0 Å². The van der Waals surface area contributed by atoms with Crippen LogP contribution in [-0.4, -0.2) is 20.0 Å². The Hall–Kier alpha value is -2.08. The largest absolute Gasteiger partial charge is 0.382 e. The van der Waals surface area contributed by atoms with Crippen molar-refractivity contribution < 1.29 is 0 Å². The highest BCUT2D eigenvalue weighted by atomic mass is 79.9. The number of H-pyrrole nitrogens is 1. The van der Waals surface area contributed by atoms with Crippen molar-refractivity contribution >= 4 is 21.7 Å². The topological polar surface area (TPSA) is 72.5 Å². The van der Waals surface area contributed by atoms with Gasteiger partial charge in [0.15, 0.2) is 5.82 Å². The molecule has 0 radical (unpaired) electrons. The maximum atomic E-state index is 5.99. The van der Waals surface area contributed by atoms with Crippen molar-refractivity contribution in [2.24, 2.45) is 7.05 Å². The second kappa shape index (κ2) is 4.55. The minimum atomic E-state index is 0.465. The summed E-state index contributed by atoms with van der Waals surface area (Å²) in [7, 11) is 1.88. The van der Waals surface area contributed by atoms with Crippen LogP contribution >= 0.6 is 15.9 Å². The summed E-state index contributed by atoms with van der Waals surface area (Å²) in [5, 5.41) is 11.4. The van der Waals surface area contributed by atoms with Gasteiger partial charge in [-0.2, -0.15) is 10.2 Å². The molecule has 0 bridgehead atoms. The van der Waals surface area contributed by atoms with Gasteiger partial charge >= 0.3 is 0 Å². The molecule has 0 amide bonds. The molecule has 3 N–H and O–H groups in total. The first-order chi connectivity index (χ1) is 9.16. The number of aromatic amines is 1. The molecule has 5 nitrogen and oxygen atoms in total. The zero-order chi connectivity index (χ0) is 13.4. The summed E-state index contributed by atoms with van der Waals surface area (Å²) >= 11 is 3.54. The monoisotopic (exact) mass is 317 g/mol.